The van der Waals surface area contributed by atoms with Crippen molar-refractivity contribution in [3.8, 4) is 0 Å². The quantitative estimate of drug-likeness (QED) is 0.582. The molecule has 1 fully saturated rings. The van der Waals surface area contributed by atoms with E-state index in [1.807, 2.05) is 0 Å². The van der Waals surface area contributed by atoms with Crippen LogP contribution in [0.2, 0.25) is 0 Å². The summed E-state index contributed by atoms with van der Waals surface area (Å²) >= 11 is 0. The van der Waals surface area contributed by atoms with Gasteiger partial charge in [-0.25, -0.2) is 0 Å². The number of rotatable bonds is 1. The fourth-order valence-corrected chi connectivity index (χ4v) is 2.54. The number of hydrogen-bond acceptors (Lipinski definition) is 1. The normalized spacial score (nSPS) is 24.9. The van der Waals surface area contributed by atoms with Gasteiger partial charge in [-0.3, -0.25) is 0 Å². The molecular formula is C14H26O. The number of carbonyl (C=O) groups excluding carboxylic acids is 1. The van der Waals surface area contributed by atoms with Crippen molar-refractivity contribution in [2.45, 2.75) is 77.6 Å². The van der Waals surface area contributed by atoms with E-state index >= 15 is 0 Å². The molecule has 0 saturated heterocycles. The lowest BCUT2D eigenvalue weighted by molar-refractivity contribution is -0.116. The lowest BCUT2D eigenvalue weighted by Crippen LogP contribution is -2.18. The number of aldehydes is 1. The predicted molar refractivity (Wildman–Crippen MR) is 65.0 cm³/mol. The second-order valence-corrected chi connectivity index (χ2v) is 5.45. The number of hydrogen-bond donors (Lipinski definition) is 0. The SMILES string of the molecule is CC1(C=O)CCCCCCCCCCC1. The first-order valence-corrected chi connectivity index (χ1v) is 6.73. The standard InChI is InChI=1S/C14H26O/c1-14(13-15)11-9-7-5-3-2-4-6-8-10-12-14/h13H,2-12H2,1H3. The molecule has 1 aliphatic rings. The van der Waals surface area contributed by atoms with E-state index < -0.39 is 0 Å². The van der Waals surface area contributed by atoms with E-state index in [-0.39, 0.29) is 5.41 Å². The summed E-state index contributed by atoms with van der Waals surface area (Å²) in [6.07, 6.45) is 15.5. The third-order valence-electron chi connectivity index (χ3n) is 3.78. The van der Waals surface area contributed by atoms with Gasteiger partial charge in [-0.1, -0.05) is 64.7 Å². The highest BCUT2D eigenvalue weighted by Gasteiger charge is 2.22. The molecule has 0 aromatic carbocycles. The molecule has 0 heterocycles. The van der Waals surface area contributed by atoms with E-state index in [1.165, 1.54) is 64.1 Å². The van der Waals surface area contributed by atoms with Gasteiger partial charge < -0.3 is 4.79 Å². The molecule has 1 saturated carbocycles. The van der Waals surface area contributed by atoms with Gasteiger partial charge in [-0.2, -0.15) is 0 Å². The van der Waals surface area contributed by atoms with Crippen LogP contribution in [0.3, 0.4) is 0 Å². The first kappa shape index (κ1) is 12.7. The van der Waals surface area contributed by atoms with Crippen molar-refractivity contribution in [1.82, 2.24) is 0 Å². The van der Waals surface area contributed by atoms with Crippen LogP contribution in [0.4, 0.5) is 0 Å². The van der Waals surface area contributed by atoms with Crippen molar-refractivity contribution >= 4 is 6.29 Å². The van der Waals surface area contributed by atoms with Gasteiger partial charge >= 0.3 is 0 Å². The summed E-state index contributed by atoms with van der Waals surface area (Å²) in [5.74, 6) is 0. The maximum Gasteiger partial charge on any atom is 0.125 e. The van der Waals surface area contributed by atoms with Crippen molar-refractivity contribution in [2.24, 2.45) is 5.41 Å². The fourth-order valence-electron chi connectivity index (χ4n) is 2.54. The molecule has 0 aromatic heterocycles. The zero-order valence-corrected chi connectivity index (χ0v) is 10.3. The van der Waals surface area contributed by atoms with E-state index in [1.54, 1.807) is 0 Å². The van der Waals surface area contributed by atoms with Crippen LogP contribution in [0.15, 0.2) is 0 Å². The molecule has 0 bridgehead atoms. The Labute approximate surface area is 94.6 Å². The molecule has 1 aliphatic carbocycles. The smallest absolute Gasteiger partial charge is 0.125 e. The molecule has 1 rings (SSSR count). The summed E-state index contributed by atoms with van der Waals surface area (Å²) < 4.78 is 0. The lowest BCUT2D eigenvalue weighted by Gasteiger charge is -2.23. The Balaban J connectivity index is 2.35. The van der Waals surface area contributed by atoms with Crippen LogP contribution in [0.5, 0.6) is 0 Å². The minimum absolute atomic E-state index is 0.0147. The van der Waals surface area contributed by atoms with Gasteiger partial charge in [0.15, 0.2) is 0 Å². The largest absolute Gasteiger partial charge is 0.303 e. The Morgan fingerprint density at radius 3 is 1.40 bits per heavy atom. The highest BCUT2D eigenvalue weighted by Crippen LogP contribution is 2.29. The molecule has 0 radical (unpaired) electrons. The second kappa shape index (κ2) is 7.03. The number of carbonyl (C=O) groups is 1. The zero-order chi connectivity index (χ0) is 11.0. The van der Waals surface area contributed by atoms with E-state index in [0.717, 1.165) is 12.8 Å². The van der Waals surface area contributed by atoms with Crippen LogP contribution in [0.25, 0.3) is 0 Å². The van der Waals surface area contributed by atoms with Gasteiger partial charge in [0.2, 0.25) is 0 Å². The molecule has 0 unspecified atom stereocenters. The summed E-state index contributed by atoms with van der Waals surface area (Å²) in [5, 5.41) is 0. The minimum atomic E-state index is -0.0147. The van der Waals surface area contributed by atoms with Crippen LogP contribution >= 0.6 is 0 Å². The Morgan fingerprint density at radius 1 is 0.733 bits per heavy atom. The van der Waals surface area contributed by atoms with Crippen molar-refractivity contribution in [2.75, 3.05) is 0 Å². The van der Waals surface area contributed by atoms with Gasteiger partial charge in [-0.05, 0) is 12.8 Å². The summed E-state index contributed by atoms with van der Waals surface area (Å²) in [5.41, 5.74) is -0.0147. The molecule has 0 atom stereocenters. The highest BCUT2D eigenvalue weighted by molar-refractivity contribution is 5.58. The van der Waals surface area contributed by atoms with Crippen LogP contribution in [-0.4, -0.2) is 6.29 Å². The Hall–Kier alpha value is -0.330. The minimum Gasteiger partial charge on any atom is -0.303 e. The van der Waals surface area contributed by atoms with Crippen molar-refractivity contribution in [3.05, 3.63) is 0 Å². The Kier molecular flexibility index (Phi) is 5.97. The summed E-state index contributed by atoms with van der Waals surface area (Å²) in [6.45, 7) is 2.14. The van der Waals surface area contributed by atoms with E-state index in [9.17, 15) is 4.79 Å². The Bertz CT molecular complexity index is 162. The maximum absolute atomic E-state index is 11.1. The average molecular weight is 210 g/mol. The molecular weight excluding hydrogens is 184 g/mol. The van der Waals surface area contributed by atoms with Gasteiger partial charge in [0.05, 0.1) is 0 Å². The van der Waals surface area contributed by atoms with Gasteiger partial charge in [0, 0.05) is 5.41 Å². The average Bonchev–Trinajstić information content (AvgIpc) is 2.23. The summed E-state index contributed by atoms with van der Waals surface area (Å²) in [6, 6.07) is 0. The van der Waals surface area contributed by atoms with E-state index in [0.29, 0.717) is 0 Å². The summed E-state index contributed by atoms with van der Waals surface area (Å²) in [4.78, 5) is 11.1. The van der Waals surface area contributed by atoms with Crippen LogP contribution in [0, 0.1) is 5.41 Å². The van der Waals surface area contributed by atoms with Crippen molar-refractivity contribution < 1.29 is 4.79 Å². The second-order valence-electron chi connectivity index (χ2n) is 5.45. The van der Waals surface area contributed by atoms with Gasteiger partial charge in [0.1, 0.15) is 6.29 Å². The zero-order valence-electron chi connectivity index (χ0n) is 10.3. The highest BCUT2D eigenvalue weighted by atomic mass is 16.1. The first-order valence-electron chi connectivity index (χ1n) is 6.73. The van der Waals surface area contributed by atoms with Crippen LogP contribution in [0.1, 0.15) is 77.6 Å². The Morgan fingerprint density at radius 2 is 1.07 bits per heavy atom. The molecule has 0 N–H and O–H groups in total. The molecule has 1 nitrogen and oxygen atoms in total. The van der Waals surface area contributed by atoms with Crippen molar-refractivity contribution in [1.29, 1.82) is 0 Å². The topological polar surface area (TPSA) is 17.1 Å². The molecule has 0 aromatic rings. The van der Waals surface area contributed by atoms with Gasteiger partial charge in [0.25, 0.3) is 0 Å². The molecule has 15 heavy (non-hydrogen) atoms. The third-order valence-corrected chi connectivity index (χ3v) is 3.78. The molecule has 0 aliphatic heterocycles. The van der Waals surface area contributed by atoms with Crippen LogP contribution in [-0.2, 0) is 4.79 Å². The molecule has 88 valence electrons. The lowest BCUT2D eigenvalue weighted by atomic mass is 9.81. The molecule has 0 amide bonds. The fraction of sp³-hybridized carbons (Fsp3) is 0.929. The third kappa shape index (κ3) is 5.34. The van der Waals surface area contributed by atoms with E-state index in [4.69, 9.17) is 0 Å². The predicted octanol–water partition coefficient (Wildman–Crippen LogP) is 4.50. The summed E-state index contributed by atoms with van der Waals surface area (Å²) in [7, 11) is 0. The monoisotopic (exact) mass is 210 g/mol. The van der Waals surface area contributed by atoms with E-state index in [2.05, 4.69) is 6.92 Å². The van der Waals surface area contributed by atoms with Crippen molar-refractivity contribution in [3.63, 3.8) is 0 Å². The van der Waals surface area contributed by atoms with Crippen LogP contribution < -0.4 is 0 Å². The maximum atomic E-state index is 11.1. The molecule has 1 heteroatoms. The molecule has 0 spiro atoms. The first-order chi connectivity index (χ1) is 7.27. The van der Waals surface area contributed by atoms with Gasteiger partial charge in [-0.15, -0.1) is 0 Å².